The van der Waals surface area contributed by atoms with Crippen molar-refractivity contribution in [2.75, 3.05) is 43.9 Å². The molecule has 0 radical (unpaired) electrons. The summed E-state index contributed by atoms with van der Waals surface area (Å²) in [5.74, 6) is 1.79. The largest absolute Gasteiger partial charge is 0.481 e. The molecule has 126 valence electrons. The predicted molar refractivity (Wildman–Crippen MR) is 92.3 cm³/mol. The van der Waals surface area contributed by atoms with Gasteiger partial charge in [0, 0.05) is 55.7 Å². The third-order valence-corrected chi connectivity index (χ3v) is 4.75. The fourth-order valence-corrected chi connectivity index (χ4v) is 3.21. The molecule has 0 aliphatic carbocycles. The van der Waals surface area contributed by atoms with Crippen molar-refractivity contribution in [1.29, 1.82) is 0 Å². The van der Waals surface area contributed by atoms with Gasteiger partial charge in [-0.1, -0.05) is 0 Å². The van der Waals surface area contributed by atoms with Crippen molar-refractivity contribution < 1.29 is 9.53 Å². The fourth-order valence-electron chi connectivity index (χ4n) is 2.43. The van der Waals surface area contributed by atoms with E-state index in [0.717, 1.165) is 18.0 Å². The van der Waals surface area contributed by atoms with Gasteiger partial charge in [0.15, 0.2) is 0 Å². The molecule has 0 bridgehead atoms. The number of rotatable bonds is 5. The molecular formula is C16H19N5O2S. The SMILES string of the molecule is COc1ccnc(N2CCN(C(=O)CSc3ccncc3)CC2)n1. The first-order valence-electron chi connectivity index (χ1n) is 7.69. The molecule has 2 aromatic rings. The zero-order chi connectivity index (χ0) is 16.8. The number of aromatic nitrogens is 3. The summed E-state index contributed by atoms with van der Waals surface area (Å²) in [5.41, 5.74) is 0. The number of thioether (sulfide) groups is 1. The van der Waals surface area contributed by atoms with Gasteiger partial charge in [-0.25, -0.2) is 4.98 Å². The van der Waals surface area contributed by atoms with E-state index < -0.39 is 0 Å². The topological polar surface area (TPSA) is 71.5 Å². The predicted octanol–water partition coefficient (Wildman–Crippen LogP) is 1.32. The lowest BCUT2D eigenvalue weighted by Crippen LogP contribution is -2.49. The van der Waals surface area contributed by atoms with Crippen molar-refractivity contribution in [3.63, 3.8) is 0 Å². The summed E-state index contributed by atoms with van der Waals surface area (Å²) < 4.78 is 5.13. The highest BCUT2D eigenvalue weighted by Gasteiger charge is 2.22. The average Bonchev–Trinajstić information content (AvgIpc) is 2.67. The maximum Gasteiger partial charge on any atom is 0.233 e. The van der Waals surface area contributed by atoms with Crippen LogP contribution in [-0.4, -0.2) is 64.8 Å². The average molecular weight is 345 g/mol. The molecule has 0 N–H and O–H groups in total. The molecule has 1 saturated heterocycles. The Kier molecular flexibility index (Phi) is 5.47. The summed E-state index contributed by atoms with van der Waals surface area (Å²) in [7, 11) is 1.59. The maximum absolute atomic E-state index is 12.3. The Hall–Kier alpha value is -2.35. The molecule has 1 amide bonds. The zero-order valence-corrected chi connectivity index (χ0v) is 14.3. The Morgan fingerprint density at radius 2 is 1.92 bits per heavy atom. The smallest absolute Gasteiger partial charge is 0.233 e. The minimum Gasteiger partial charge on any atom is -0.481 e. The summed E-state index contributed by atoms with van der Waals surface area (Å²) >= 11 is 1.54. The Balaban J connectivity index is 1.50. The van der Waals surface area contributed by atoms with Gasteiger partial charge in [-0.2, -0.15) is 4.98 Å². The molecule has 0 aromatic carbocycles. The van der Waals surface area contributed by atoms with Crippen molar-refractivity contribution in [3.8, 4) is 5.88 Å². The molecular weight excluding hydrogens is 326 g/mol. The lowest BCUT2D eigenvalue weighted by molar-refractivity contribution is -0.128. The minimum absolute atomic E-state index is 0.156. The van der Waals surface area contributed by atoms with E-state index in [1.165, 1.54) is 11.8 Å². The summed E-state index contributed by atoms with van der Waals surface area (Å²) in [4.78, 5) is 30.0. The van der Waals surface area contributed by atoms with E-state index >= 15 is 0 Å². The van der Waals surface area contributed by atoms with Crippen molar-refractivity contribution in [3.05, 3.63) is 36.8 Å². The van der Waals surface area contributed by atoms with Gasteiger partial charge in [-0.3, -0.25) is 9.78 Å². The van der Waals surface area contributed by atoms with Gasteiger partial charge in [0.25, 0.3) is 0 Å². The molecule has 7 nitrogen and oxygen atoms in total. The Morgan fingerprint density at radius 1 is 1.17 bits per heavy atom. The van der Waals surface area contributed by atoms with Crippen LogP contribution < -0.4 is 9.64 Å². The first-order chi connectivity index (χ1) is 11.8. The third-order valence-electron chi connectivity index (χ3n) is 3.75. The summed E-state index contributed by atoms with van der Waals surface area (Å²) in [6.07, 6.45) is 5.16. The van der Waals surface area contributed by atoms with Crippen molar-refractivity contribution in [2.45, 2.75) is 4.90 Å². The molecule has 8 heteroatoms. The van der Waals surface area contributed by atoms with E-state index in [0.29, 0.717) is 30.7 Å². The van der Waals surface area contributed by atoms with E-state index in [4.69, 9.17) is 4.74 Å². The van der Waals surface area contributed by atoms with E-state index in [1.807, 2.05) is 17.0 Å². The zero-order valence-electron chi connectivity index (χ0n) is 13.5. The summed E-state index contributed by atoms with van der Waals surface area (Å²) in [6.45, 7) is 2.80. The third kappa shape index (κ3) is 4.14. The number of anilines is 1. The van der Waals surface area contributed by atoms with Gasteiger partial charge in [-0.15, -0.1) is 11.8 Å². The number of methoxy groups -OCH3 is 1. The van der Waals surface area contributed by atoms with E-state index in [9.17, 15) is 4.79 Å². The first-order valence-corrected chi connectivity index (χ1v) is 8.67. The highest BCUT2D eigenvalue weighted by Crippen LogP contribution is 2.18. The van der Waals surface area contributed by atoms with Gasteiger partial charge in [0.05, 0.1) is 12.9 Å². The molecule has 0 spiro atoms. The number of amides is 1. The number of hydrogen-bond donors (Lipinski definition) is 0. The van der Waals surface area contributed by atoms with Crippen LogP contribution in [0.4, 0.5) is 5.95 Å². The second-order valence-electron chi connectivity index (χ2n) is 5.24. The second-order valence-corrected chi connectivity index (χ2v) is 6.29. The van der Waals surface area contributed by atoms with Crippen LogP contribution in [0.15, 0.2) is 41.7 Å². The lowest BCUT2D eigenvalue weighted by Gasteiger charge is -2.34. The number of carbonyl (C=O) groups excluding carboxylic acids is 1. The van der Waals surface area contributed by atoms with Crippen LogP contribution in [0.5, 0.6) is 5.88 Å². The number of nitrogens with zero attached hydrogens (tertiary/aromatic N) is 5. The quantitative estimate of drug-likeness (QED) is 0.757. The molecule has 1 aliphatic heterocycles. The van der Waals surface area contributed by atoms with Crippen LogP contribution >= 0.6 is 11.8 Å². The van der Waals surface area contributed by atoms with Crippen LogP contribution in [0, 0.1) is 0 Å². The van der Waals surface area contributed by atoms with Gasteiger partial charge >= 0.3 is 0 Å². The van der Waals surface area contributed by atoms with E-state index in [1.54, 1.807) is 31.8 Å². The van der Waals surface area contributed by atoms with Crippen molar-refractivity contribution in [2.24, 2.45) is 0 Å². The Morgan fingerprint density at radius 3 is 2.62 bits per heavy atom. The first kappa shape index (κ1) is 16.5. The van der Waals surface area contributed by atoms with Crippen LogP contribution in [0.1, 0.15) is 0 Å². The number of carbonyl (C=O) groups is 1. The molecule has 1 fully saturated rings. The number of ether oxygens (including phenoxy) is 1. The number of hydrogen-bond acceptors (Lipinski definition) is 7. The molecule has 0 atom stereocenters. The molecule has 2 aromatic heterocycles. The summed E-state index contributed by atoms with van der Waals surface area (Å²) in [6, 6.07) is 5.55. The van der Waals surface area contributed by atoms with Crippen LogP contribution in [0.2, 0.25) is 0 Å². The van der Waals surface area contributed by atoms with Gasteiger partial charge in [0.2, 0.25) is 17.7 Å². The molecule has 0 saturated carbocycles. The second kappa shape index (κ2) is 7.96. The number of piperazine rings is 1. The number of pyridine rings is 1. The summed E-state index contributed by atoms with van der Waals surface area (Å²) in [5, 5.41) is 0. The van der Waals surface area contributed by atoms with Gasteiger partial charge in [-0.05, 0) is 12.1 Å². The van der Waals surface area contributed by atoms with Crippen molar-refractivity contribution >= 4 is 23.6 Å². The molecule has 0 unspecified atom stereocenters. The molecule has 3 heterocycles. The molecule has 3 rings (SSSR count). The van der Waals surface area contributed by atoms with Gasteiger partial charge in [0.1, 0.15) is 0 Å². The minimum atomic E-state index is 0.156. The highest BCUT2D eigenvalue weighted by atomic mass is 32.2. The normalized spacial score (nSPS) is 14.5. The van der Waals surface area contributed by atoms with Gasteiger partial charge < -0.3 is 14.5 Å². The highest BCUT2D eigenvalue weighted by molar-refractivity contribution is 8.00. The van der Waals surface area contributed by atoms with Crippen molar-refractivity contribution in [1.82, 2.24) is 19.9 Å². The molecule has 1 aliphatic rings. The fraction of sp³-hybridized carbons (Fsp3) is 0.375. The Bertz CT molecular complexity index is 677. The lowest BCUT2D eigenvalue weighted by atomic mass is 10.3. The standard InChI is InChI=1S/C16H19N5O2S/c1-23-14-4-7-18-16(19-14)21-10-8-20(9-11-21)15(22)12-24-13-2-5-17-6-3-13/h2-7H,8-12H2,1H3. The van der Waals surface area contributed by atoms with Crippen LogP contribution in [-0.2, 0) is 4.79 Å². The molecule has 24 heavy (non-hydrogen) atoms. The van der Waals surface area contributed by atoms with E-state index in [2.05, 4.69) is 19.9 Å². The van der Waals surface area contributed by atoms with Crippen LogP contribution in [0.3, 0.4) is 0 Å². The monoisotopic (exact) mass is 345 g/mol. The maximum atomic E-state index is 12.3. The Labute approximate surface area is 145 Å². The van der Waals surface area contributed by atoms with E-state index in [-0.39, 0.29) is 5.91 Å². The van der Waals surface area contributed by atoms with Crippen LogP contribution in [0.25, 0.3) is 0 Å².